The minimum Gasteiger partial charge on any atom is -0.269 e. The number of hydrogen-bond donors (Lipinski definition) is 1. The second kappa shape index (κ2) is 3.98. The van der Waals surface area contributed by atoms with Crippen molar-refractivity contribution in [3.8, 4) is 0 Å². The Labute approximate surface area is 63.8 Å². The summed E-state index contributed by atoms with van der Waals surface area (Å²) in [6, 6.07) is 0. The molecule has 0 aromatic heterocycles. The van der Waals surface area contributed by atoms with Crippen molar-refractivity contribution in [1.82, 2.24) is 0 Å². The van der Waals surface area contributed by atoms with Crippen molar-refractivity contribution in [3.05, 3.63) is 0 Å². The second-order valence-electron chi connectivity index (χ2n) is 2.67. The van der Waals surface area contributed by atoms with Gasteiger partial charge in [-0.2, -0.15) is 0 Å². The number of nitrogens with one attached hydrogen (secondary N) is 1. The van der Waals surface area contributed by atoms with Gasteiger partial charge < -0.3 is 0 Å². The first-order chi connectivity index (χ1) is 4.00. The molecule has 0 aliphatic rings. The van der Waals surface area contributed by atoms with Gasteiger partial charge in [0, 0.05) is 34.8 Å². The second-order valence-corrected chi connectivity index (χ2v) is 8.01. The highest BCUT2D eigenvalue weighted by atomic mass is 32.2. The van der Waals surface area contributed by atoms with Gasteiger partial charge >= 0.3 is 0 Å². The van der Waals surface area contributed by atoms with Crippen LogP contribution in [0.4, 0.5) is 0 Å². The highest BCUT2D eigenvalue weighted by Crippen LogP contribution is 1.65. The molecule has 0 aliphatic carbocycles. The zero-order chi connectivity index (χ0) is 9.00. The Morgan fingerprint density at radius 2 is 1.10 bits per heavy atom. The number of hydrogen-bond acceptors (Lipinski definition) is 3. The van der Waals surface area contributed by atoms with E-state index >= 15 is 0 Å². The molecule has 0 aromatic rings. The minimum atomic E-state index is -2.17. The first kappa shape index (κ1) is 12.6. The summed E-state index contributed by atoms with van der Waals surface area (Å²) in [5.74, 6) is 3.30. The molecule has 0 unspecified atom stereocenters. The monoisotopic (exact) mass is 185 g/mol. The maximum atomic E-state index is 10.1. The highest BCUT2D eigenvalue weighted by molar-refractivity contribution is 7.98. The van der Waals surface area contributed by atoms with Gasteiger partial charge in [0.25, 0.3) is 0 Å². The van der Waals surface area contributed by atoms with Crippen molar-refractivity contribution < 1.29 is 8.42 Å². The molecule has 3 nitrogen and oxygen atoms in total. The zero-order valence-electron chi connectivity index (χ0n) is 6.84. The Hall–Kier alpha value is -0.0300. The van der Waals surface area contributed by atoms with E-state index in [4.69, 9.17) is 4.78 Å². The predicted octanol–water partition coefficient (Wildman–Crippen LogP) is 0.255. The molecule has 5 heteroatoms. The largest absolute Gasteiger partial charge is 0.269 e. The molecule has 0 rings (SSSR count). The summed E-state index contributed by atoms with van der Waals surface area (Å²) >= 11 is 0. The summed E-state index contributed by atoms with van der Waals surface area (Å²) in [5, 5.41) is 0. The average Bonchev–Trinajstić information content (AvgIpc) is 1.12. The molecule has 0 saturated heterocycles. The standard InChI is InChI=1S/C3H8OS.C2H7NOS/c2*1-5(2,3)4/h1H2,2-3H3;3H,1-2H3. The van der Waals surface area contributed by atoms with Crippen molar-refractivity contribution in [2.75, 3.05) is 25.0 Å². The van der Waals surface area contributed by atoms with Crippen LogP contribution < -0.4 is 0 Å². The Balaban J connectivity index is 0. The van der Waals surface area contributed by atoms with E-state index in [0.717, 1.165) is 0 Å². The summed E-state index contributed by atoms with van der Waals surface area (Å²) in [5.41, 5.74) is 0. The lowest BCUT2D eigenvalue weighted by Crippen LogP contribution is -1.86. The van der Waals surface area contributed by atoms with E-state index < -0.39 is 19.3 Å². The van der Waals surface area contributed by atoms with E-state index in [-0.39, 0.29) is 0 Å². The van der Waals surface area contributed by atoms with Crippen LogP contribution in [0.3, 0.4) is 0 Å². The smallest absolute Gasteiger partial charge is 0.0383 e. The van der Waals surface area contributed by atoms with Crippen LogP contribution in [0.15, 0.2) is 0 Å². The first-order valence-electron chi connectivity index (χ1n) is 2.46. The minimum absolute atomic E-state index is 1.38. The van der Waals surface area contributed by atoms with Crippen LogP contribution >= 0.6 is 0 Å². The van der Waals surface area contributed by atoms with Gasteiger partial charge in [-0.15, -0.1) is 0 Å². The summed E-state index contributed by atoms with van der Waals surface area (Å²) in [4.78, 5) is 0. The fourth-order valence-corrected chi connectivity index (χ4v) is 0. The third-order valence-corrected chi connectivity index (χ3v) is 0. The van der Waals surface area contributed by atoms with Gasteiger partial charge in [-0.25, -0.2) is 0 Å². The summed E-state index contributed by atoms with van der Waals surface area (Å²) in [6.45, 7) is 0. The molecule has 0 radical (unpaired) electrons. The molecule has 0 spiro atoms. The quantitative estimate of drug-likeness (QED) is 0.550. The van der Waals surface area contributed by atoms with E-state index in [9.17, 15) is 8.42 Å². The van der Waals surface area contributed by atoms with Crippen LogP contribution in [-0.4, -0.2) is 39.3 Å². The molecule has 0 amide bonds. The molecular weight excluding hydrogens is 170 g/mol. The molecule has 0 aromatic carbocycles. The van der Waals surface area contributed by atoms with Crippen LogP contribution in [0.5, 0.6) is 0 Å². The average molecular weight is 185 g/mol. The molecule has 0 saturated carbocycles. The normalized spacial score (nSPS) is 11.6. The molecule has 0 atom stereocenters. The Kier molecular flexibility index (Phi) is 5.02. The van der Waals surface area contributed by atoms with Crippen molar-refractivity contribution in [3.63, 3.8) is 0 Å². The van der Waals surface area contributed by atoms with E-state index in [0.29, 0.717) is 0 Å². The van der Waals surface area contributed by atoms with Crippen LogP contribution in [0.2, 0.25) is 0 Å². The maximum absolute atomic E-state index is 10.1. The Bertz CT molecular complexity index is 214. The Morgan fingerprint density at radius 3 is 1.10 bits per heavy atom. The molecule has 10 heavy (non-hydrogen) atoms. The first-order valence-corrected chi connectivity index (χ1v) is 7.38. The molecule has 64 valence electrons. The van der Waals surface area contributed by atoms with Crippen LogP contribution in [0.1, 0.15) is 0 Å². The van der Waals surface area contributed by atoms with Crippen molar-refractivity contribution in [1.29, 1.82) is 4.78 Å². The van der Waals surface area contributed by atoms with Crippen molar-refractivity contribution in [2.24, 2.45) is 0 Å². The van der Waals surface area contributed by atoms with E-state index in [1.165, 1.54) is 12.5 Å². The summed E-state index contributed by atoms with van der Waals surface area (Å²) in [7, 11) is -3.83. The molecule has 0 fully saturated rings. The van der Waals surface area contributed by atoms with Gasteiger partial charge in [-0.3, -0.25) is 13.2 Å². The van der Waals surface area contributed by atoms with Gasteiger partial charge in [-0.05, 0) is 15.4 Å². The van der Waals surface area contributed by atoms with Gasteiger partial charge in [0.15, 0.2) is 0 Å². The van der Waals surface area contributed by atoms with Gasteiger partial charge in [-0.1, -0.05) is 0 Å². The lowest BCUT2D eigenvalue weighted by Gasteiger charge is -1.78. The summed E-state index contributed by atoms with van der Waals surface area (Å²) in [6.07, 6.45) is 5.97. The van der Waals surface area contributed by atoms with Crippen LogP contribution in [-0.2, 0) is 19.3 Å². The van der Waals surface area contributed by atoms with Crippen LogP contribution in [0.25, 0.3) is 0 Å². The maximum Gasteiger partial charge on any atom is 0.0383 e. The lowest BCUT2D eigenvalue weighted by atomic mass is 11.9. The third kappa shape index (κ3) is 430000. The van der Waals surface area contributed by atoms with E-state index in [1.54, 1.807) is 12.5 Å². The molecule has 0 bridgehead atoms. The van der Waals surface area contributed by atoms with Gasteiger partial charge in [0.05, 0.1) is 0 Å². The van der Waals surface area contributed by atoms with Crippen molar-refractivity contribution in [2.45, 2.75) is 0 Å². The van der Waals surface area contributed by atoms with Gasteiger partial charge in [0.2, 0.25) is 0 Å². The van der Waals surface area contributed by atoms with Crippen molar-refractivity contribution >= 4 is 25.1 Å². The van der Waals surface area contributed by atoms with Gasteiger partial charge in [0.1, 0.15) is 0 Å². The third-order valence-electron chi connectivity index (χ3n) is 0. The van der Waals surface area contributed by atoms with E-state index in [2.05, 4.69) is 5.87 Å². The molecule has 1 N–H and O–H groups in total. The molecular formula is C5H15NO2S2. The molecule has 0 heterocycles. The fraction of sp³-hybridized carbons (Fsp3) is 0.800. The fourth-order valence-electron chi connectivity index (χ4n) is 0. The summed E-state index contributed by atoms with van der Waals surface area (Å²) < 4.78 is 26.4. The lowest BCUT2D eigenvalue weighted by molar-refractivity contribution is 0.682. The van der Waals surface area contributed by atoms with E-state index in [1.807, 2.05) is 0 Å². The Morgan fingerprint density at radius 1 is 1.10 bits per heavy atom. The SMILES string of the molecule is C=S(C)(C)=O.CS(C)(=N)=O. The number of rotatable bonds is 0. The highest BCUT2D eigenvalue weighted by Gasteiger charge is 1.72. The zero-order valence-corrected chi connectivity index (χ0v) is 8.47. The molecule has 0 aliphatic heterocycles. The predicted molar refractivity (Wildman–Crippen MR) is 49.8 cm³/mol. The van der Waals surface area contributed by atoms with Crippen LogP contribution in [0, 0.1) is 4.78 Å². The topological polar surface area (TPSA) is 58.0 Å².